The molecule has 0 spiro atoms. The van der Waals surface area contributed by atoms with E-state index in [-0.39, 0.29) is 11.8 Å². The molecule has 1 rings (SSSR count). The Morgan fingerprint density at radius 1 is 1.32 bits per heavy atom. The summed E-state index contributed by atoms with van der Waals surface area (Å²) in [5.74, 6) is 0.0813. The average Bonchev–Trinajstić information content (AvgIpc) is 2.34. The number of hydrogen-bond acceptors (Lipinski definition) is 3. The van der Waals surface area contributed by atoms with Crippen LogP contribution in [-0.2, 0) is 10.0 Å². The Bertz CT molecular complexity index is 491. The van der Waals surface area contributed by atoms with Crippen LogP contribution in [-0.4, -0.2) is 27.3 Å². The molecule has 0 saturated carbocycles. The maximum atomic E-state index is 11.9. The first-order chi connectivity index (χ1) is 8.94. The topological polar surface area (TPSA) is 58.2 Å². The highest BCUT2D eigenvalue weighted by Crippen LogP contribution is 2.17. The Morgan fingerprint density at radius 2 is 2.05 bits per heavy atom. The molecule has 1 atom stereocenters. The SMILES string of the molecule is CCCNCCS(=O)(=O)NC(C)c1cccc(Cl)c1. The first-order valence-corrected chi connectivity index (χ1v) is 8.44. The van der Waals surface area contributed by atoms with Crippen LogP contribution >= 0.6 is 11.6 Å². The maximum Gasteiger partial charge on any atom is 0.213 e. The molecule has 0 amide bonds. The summed E-state index contributed by atoms with van der Waals surface area (Å²) in [5.41, 5.74) is 0.859. The van der Waals surface area contributed by atoms with Gasteiger partial charge in [-0.05, 0) is 37.6 Å². The van der Waals surface area contributed by atoms with E-state index in [1.165, 1.54) is 0 Å². The first kappa shape index (κ1) is 16.4. The van der Waals surface area contributed by atoms with Gasteiger partial charge >= 0.3 is 0 Å². The van der Waals surface area contributed by atoms with Gasteiger partial charge in [0.15, 0.2) is 0 Å². The lowest BCUT2D eigenvalue weighted by Crippen LogP contribution is -2.33. The van der Waals surface area contributed by atoms with Crippen molar-refractivity contribution in [3.05, 3.63) is 34.9 Å². The predicted octanol–water partition coefficient (Wildman–Crippen LogP) is 2.32. The fraction of sp³-hybridized carbons (Fsp3) is 0.538. The highest BCUT2D eigenvalue weighted by atomic mass is 35.5. The van der Waals surface area contributed by atoms with Gasteiger partial charge in [0.2, 0.25) is 10.0 Å². The van der Waals surface area contributed by atoms with E-state index in [9.17, 15) is 8.42 Å². The zero-order valence-electron chi connectivity index (χ0n) is 11.3. The Labute approximate surface area is 120 Å². The zero-order valence-corrected chi connectivity index (χ0v) is 12.9. The summed E-state index contributed by atoms with van der Waals surface area (Å²) in [6.07, 6.45) is 0.992. The smallest absolute Gasteiger partial charge is 0.213 e. The van der Waals surface area contributed by atoms with Gasteiger partial charge in [-0.25, -0.2) is 13.1 Å². The van der Waals surface area contributed by atoms with Gasteiger partial charge in [0.1, 0.15) is 0 Å². The van der Waals surface area contributed by atoms with Gasteiger partial charge in [-0.1, -0.05) is 30.7 Å². The molecule has 6 heteroatoms. The van der Waals surface area contributed by atoms with Gasteiger partial charge < -0.3 is 5.32 Å². The summed E-state index contributed by atoms with van der Waals surface area (Å²) < 4.78 is 26.4. The van der Waals surface area contributed by atoms with Crippen LogP contribution in [0.2, 0.25) is 5.02 Å². The average molecular weight is 305 g/mol. The molecule has 0 aliphatic heterocycles. The van der Waals surface area contributed by atoms with Crippen molar-refractivity contribution in [3.8, 4) is 0 Å². The van der Waals surface area contributed by atoms with Crippen molar-refractivity contribution in [2.75, 3.05) is 18.8 Å². The molecule has 0 radical (unpaired) electrons. The van der Waals surface area contributed by atoms with E-state index in [0.29, 0.717) is 11.6 Å². The van der Waals surface area contributed by atoms with E-state index in [4.69, 9.17) is 11.6 Å². The molecule has 0 aliphatic carbocycles. The van der Waals surface area contributed by atoms with Gasteiger partial charge in [0.05, 0.1) is 5.75 Å². The maximum absolute atomic E-state index is 11.9. The Hall–Kier alpha value is -0.620. The van der Waals surface area contributed by atoms with E-state index in [1.807, 2.05) is 26.0 Å². The normalized spacial score (nSPS) is 13.4. The molecule has 0 saturated heterocycles. The Morgan fingerprint density at radius 3 is 2.68 bits per heavy atom. The minimum Gasteiger partial charge on any atom is -0.316 e. The summed E-state index contributed by atoms with van der Waals surface area (Å²) in [4.78, 5) is 0. The molecule has 108 valence electrons. The minimum atomic E-state index is -3.28. The summed E-state index contributed by atoms with van der Waals surface area (Å²) >= 11 is 5.89. The van der Waals surface area contributed by atoms with Crippen LogP contribution in [0, 0.1) is 0 Å². The quantitative estimate of drug-likeness (QED) is 0.725. The highest BCUT2D eigenvalue weighted by molar-refractivity contribution is 7.89. The Balaban J connectivity index is 2.53. The largest absolute Gasteiger partial charge is 0.316 e. The summed E-state index contributed by atoms with van der Waals surface area (Å²) in [5, 5.41) is 3.68. The molecule has 1 unspecified atom stereocenters. The molecule has 0 bridgehead atoms. The third kappa shape index (κ3) is 6.38. The number of hydrogen-bond donors (Lipinski definition) is 2. The number of benzene rings is 1. The van der Waals surface area contributed by atoms with Gasteiger partial charge in [-0.2, -0.15) is 0 Å². The van der Waals surface area contributed by atoms with Crippen LogP contribution in [0.3, 0.4) is 0 Å². The summed E-state index contributed by atoms with van der Waals surface area (Å²) in [6, 6.07) is 6.92. The van der Waals surface area contributed by atoms with E-state index < -0.39 is 10.0 Å². The number of halogens is 1. The van der Waals surface area contributed by atoms with Crippen molar-refractivity contribution in [2.24, 2.45) is 0 Å². The fourth-order valence-electron chi connectivity index (χ4n) is 1.68. The Kier molecular flexibility index (Phi) is 6.79. The number of rotatable bonds is 8. The second kappa shape index (κ2) is 7.85. The van der Waals surface area contributed by atoms with Crippen LogP contribution in [0.1, 0.15) is 31.9 Å². The third-order valence-corrected chi connectivity index (χ3v) is 4.37. The van der Waals surface area contributed by atoms with Crippen LogP contribution in [0.25, 0.3) is 0 Å². The van der Waals surface area contributed by atoms with Crippen molar-refractivity contribution < 1.29 is 8.42 Å². The monoisotopic (exact) mass is 304 g/mol. The fourth-order valence-corrected chi connectivity index (χ4v) is 3.08. The van der Waals surface area contributed by atoms with Crippen LogP contribution < -0.4 is 10.0 Å². The molecular formula is C13H21ClN2O2S. The highest BCUT2D eigenvalue weighted by Gasteiger charge is 2.15. The molecule has 19 heavy (non-hydrogen) atoms. The first-order valence-electron chi connectivity index (χ1n) is 6.41. The second-order valence-corrected chi connectivity index (χ2v) is 6.77. The molecule has 2 N–H and O–H groups in total. The van der Waals surface area contributed by atoms with Gasteiger partial charge in [0, 0.05) is 17.6 Å². The molecule has 1 aromatic rings. The van der Waals surface area contributed by atoms with Crippen LogP contribution in [0.5, 0.6) is 0 Å². The number of nitrogens with one attached hydrogen (secondary N) is 2. The molecule has 1 aromatic carbocycles. The van der Waals surface area contributed by atoms with Crippen LogP contribution in [0.4, 0.5) is 0 Å². The number of sulfonamides is 1. The van der Waals surface area contributed by atoms with Gasteiger partial charge in [-0.3, -0.25) is 0 Å². The molecule has 0 heterocycles. The lowest BCUT2D eigenvalue weighted by Gasteiger charge is -2.15. The lowest BCUT2D eigenvalue weighted by atomic mass is 10.1. The predicted molar refractivity (Wildman–Crippen MR) is 80.0 cm³/mol. The minimum absolute atomic E-state index is 0.0813. The van der Waals surface area contributed by atoms with Gasteiger partial charge in [0.25, 0.3) is 0 Å². The molecule has 0 aromatic heterocycles. The molecule has 4 nitrogen and oxygen atoms in total. The van der Waals surface area contributed by atoms with Crippen molar-refractivity contribution >= 4 is 21.6 Å². The van der Waals surface area contributed by atoms with E-state index in [0.717, 1.165) is 18.5 Å². The van der Waals surface area contributed by atoms with Gasteiger partial charge in [-0.15, -0.1) is 0 Å². The molecular weight excluding hydrogens is 284 g/mol. The molecule has 0 fully saturated rings. The lowest BCUT2D eigenvalue weighted by molar-refractivity contribution is 0.562. The summed E-state index contributed by atoms with van der Waals surface area (Å²) in [7, 11) is -3.28. The van der Waals surface area contributed by atoms with Crippen molar-refractivity contribution in [2.45, 2.75) is 26.3 Å². The molecule has 0 aliphatic rings. The van der Waals surface area contributed by atoms with E-state index in [2.05, 4.69) is 10.0 Å². The van der Waals surface area contributed by atoms with Crippen molar-refractivity contribution in [3.63, 3.8) is 0 Å². The standard InChI is InChI=1S/C13H21ClN2O2S/c1-3-7-15-8-9-19(17,18)16-11(2)12-5-4-6-13(14)10-12/h4-6,10-11,15-16H,3,7-9H2,1-2H3. The second-order valence-electron chi connectivity index (χ2n) is 4.46. The van der Waals surface area contributed by atoms with E-state index in [1.54, 1.807) is 12.1 Å². The van der Waals surface area contributed by atoms with Crippen molar-refractivity contribution in [1.29, 1.82) is 0 Å². The van der Waals surface area contributed by atoms with Crippen molar-refractivity contribution in [1.82, 2.24) is 10.0 Å². The zero-order chi connectivity index (χ0) is 14.3. The third-order valence-electron chi connectivity index (χ3n) is 2.68. The van der Waals surface area contributed by atoms with E-state index >= 15 is 0 Å². The summed E-state index contributed by atoms with van der Waals surface area (Å²) in [6.45, 7) is 5.15. The van der Waals surface area contributed by atoms with Crippen LogP contribution in [0.15, 0.2) is 24.3 Å².